The molecule has 0 unspecified atom stereocenters. The van der Waals surface area contributed by atoms with Crippen molar-refractivity contribution in [3.8, 4) is 0 Å². The molecule has 0 aromatic rings. The van der Waals surface area contributed by atoms with Gasteiger partial charge in [-0.1, -0.05) is 6.92 Å². The van der Waals surface area contributed by atoms with E-state index in [0.29, 0.717) is 16.5 Å². The Labute approximate surface area is 102 Å². The van der Waals surface area contributed by atoms with Gasteiger partial charge >= 0.3 is 60.5 Å². The first-order valence-electron chi connectivity index (χ1n) is 2.18. The van der Waals surface area contributed by atoms with E-state index in [4.69, 9.17) is 4.55 Å². The molecule has 0 fully saturated rings. The molecule has 0 radical (unpaired) electrons. The molecule has 1 N–H and O–H groups in total. The van der Waals surface area contributed by atoms with E-state index in [9.17, 15) is 8.42 Å². The Morgan fingerprint density at radius 3 is 2.11 bits per heavy atom. The molecule has 9 heavy (non-hydrogen) atoms. The number of hydrogen-bond donors (Lipinski definition) is 1. The van der Waals surface area contributed by atoms with Crippen LogP contribution in [0.25, 0.3) is 0 Å². The zero-order chi connectivity index (χ0) is 6.62. The minimum atomic E-state index is -3.77. The Morgan fingerprint density at radius 2 is 2.00 bits per heavy atom. The van der Waals surface area contributed by atoms with Gasteiger partial charge in [0, 0.05) is 5.75 Å². The molecule has 6 heteroatoms. The quantitative estimate of drug-likeness (QED) is 0.400. The van der Waals surface area contributed by atoms with Crippen molar-refractivity contribution < 1.29 is 13.0 Å². The van der Waals surface area contributed by atoms with Gasteiger partial charge in [-0.3, -0.25) is 4.55 Å². The van der Waals surface area contributed by atoms with Crippen molar-refractivity contribution in [2.75, 3.05) is 5.75 Å². The molecule has 0 atom stereocenters. The van der Waals surface area contributed by atoms with Crippen molar-refractivity contribution in [1.82, 2.24) is 0 Å². The van der Waals surface area contributed by atoms with Gasteiger partial charge in [0.2, 0.25) is 0 Å². The Hall–Kier alpha value is 1.90. The van der Waals surface area contributed by atoms with Crippen LogP contribution in [0.2, 0.25) is 0 Å². The van der Waals surface area contributed by atoms with Gasteiger partial charge in [-0.2, -0.15) is 8.42 Å². The third-order valence-electron chi connectivity index (χ3n) is 0.436. The molecule has 0 bridgehead atoms. The van der Waals surface area contributed by atoms with E-state index >= 15 is 0 Å². The second-order valence-electron chi connectivity index (χ2n) is 1.25. The summed E-state index contributed by atoms with van der Waals surface area (Å²) in [4.78, 5) is 0. The minimum absolute atomic E-state index is 0. The summed E-state index contributed by atoms with van der Waals surface area (Å²) in [5, 5.41) is 0. The van der Waals surface area contributed by atoms with E-state index in [1.807, 2.05) is 6.92 Å². The summed E-state index contributed by atoms with van der Waals surface area (Å²) >= 11 is 0. The van der Waals surface area contributed by atoms with E-state index in [0.717, 1.165) is 6.42 Å². The molecule has 0 saturated carbocycles. The first kappa shape index (κ1) is 13.5. The molecule has 0 amide bonds. The van der Waals surface area contributed by atoms with Crippen molar-refractivity contribution in [3.63, 3.8) is 0 Å². The fraction of sp³-hybridized carbons (Fsp3) is 1.00. The van der Waals surface area contributed by atoms with Crippen molar-refractivity contribution >= 4 is 71.3 Å². The molecule has 0 spiro atoms. The third kappa shape index (κ3) is 13.0. The molecular weight excluding hydrogens is 187 g/mol. The Kier molecular flexibility index (Phi) is 9.88. The van der Waals surface area contributed by atoms with Crippen molar-refractivity contribution in [3.05, 3.63) is 0 Å². The molecule has 0 saturated heterocycles. The van der Waals surface area contributed by atoms with Crippen LogP contribution < -0.4 is 0 Å². The zero-order valence-corrected chi connectivity index (χ0v) is 6.13. The van der Waals surface area contributed by atoms with Crippen molar-refractivity contribution in [2.45, 2.75) is 13.3 Å². The Bertz CT molecular complexity index is 141. The van der Waals surface area contributed by atoms with E-state index in [-0.39, 0.29) is 51.4 Å². The van der Waals surface area contributed by atoms with Crippen LogP contribution in [0.4, 0.5) is 0 Å². The Balaban J connectivity index is 0. The molecule has 52 valence electrons. The summed E-state index contributed by atoms with van der Waals surface area (Å²) in [5.74, 6) is 0.457. The van der Waals surface area contributed by atoms with Crippen LogP contribution >= 0.6 is 10.8 Å². The first-order valence-corrected chi connectivity index (χ1v) is 5.12. The SMILES string of the molecule is CCCSS(=O)(=O)O.[KH]. The van der Waals surface area contributed by atoms with Gasteiger partial charge in [0.1, 0.15) is 0 Å². The van der Waals surface area contributed by atoms with Gasteiger partial charge in [-0.05, 0) is 17.2 Å². The summed E-state index contributed by atoms with van der Waals surface area (Å²) in [6.45, 7) is 1.85. The summed E-state index contributed by atoms with van der Waals surface area (Å²) in [6.07, 6.45) is 0.754. The van der Waals surface area contributed by atoms with Gasteiger partial charge in [-0.15, -0.1) is 0 Å². The van der Waals surface area contributed by atoms with E-state index in [1.54, 1.807) is 0 Å². The monoisotopic (exact) mass is 196 g/mol. The van der Waals surface area contributed by atoms with Crippen LogP contribution in [0.15, 0.2) is 0 Å². The molecule has 0 aliphatic rings. The van der Waals surface area contributed by atoms with Crippen LogP contribution in [0.1, 0.15) is 13.3 Å². The molecule has 0 rings (SSSR count). The fourth-order valence-corrected chi connectivity index (χ4v) is 1.70. The van der Waals surface area contributed by atoms with Gasteiger partial charge in [-0.25, -0.2) is 0 Å². The molecule has 0 aromatic carbocycles. The maximum absolute atomic E-state index is 9.91. The summed E-state index contributed by atoms with van der Waals surface area (Å²) in [5.41, 5.74) is 0. The average Bonchev–Trinajstić information content (AvgIpc) is 1.59. The topological polar surface area (TPSA) is 54.4 Å². The molecule has 0 aromatic heterocycles. The molecular formula is C3H9KO3S2. The van der Waals surface area contributed by atoms with Crippen molar-refractivity contribution in [1.29, 1.82) is 0 Å². The molecule has 3 nitrogen and oxygen atoms in total. The third-order valence-corrected chi connectivity index (χ3v) is 2.70. The van der Waals surface area contributed by atoms with E-state index < -0.39 is 9.15 Å². The predicted molar refractivity (Wildman–Crippen MR) is 41.4 cm³/mol. The van der Waals surface area contributed by atoms with Crippen LogP contribution in [-0.4, -0.2) is 70.1 Å². The molecule has 0 aliphatic heterocycles. The van der Waals surface area contributed by atoms with Crippen LogP contribution in [0.5, 0.6) is 0 Å². The number of rotatable bonds is 3. The normalized spacial score (nSPS) is 10.4. The van der Waals surface area contributed by atoms with Crippen LogP contribution in [0, 0.1) is 0 Å². The predicted octanol–water partition coefficient (Wildman–Crippen LogP) is 0.284. The van der Waals surface area contributed by atoms with Gasteiger partial charge < -0.3 is 0 Å². The second-order valence-corrected chi connectivity index (χ2v) is 4.72. The van der Waals surface area contributed by atoms with Gasteiger partial charge in [0.15, 0.2) is 0 Å². The van der Waals surface area contributed by atoms with Gasteiger partial charge in [0.05, 0.1) is 0 Å². The van der Waals surface area contributed by atoms with E-state index in [1.165, 1.54) is 0 Å². The average molecular weight is 196 g/mol. The van der Waals surface area contributed by atoms with Gasteiger partial charge in [0.25, 0.3) is 0 Å². The summed E-state index contributed by atoms with van der Waals surface area (Å²) in [6, 6.07) is 0. The standard InChI is InChI=1S/C3H8O3S2.K.H/c1-2-3-7-8(4,5)6;;/h2-3H2,1H3,(H,4,5,6);;. The Morgan fingerprint density at radius 1 is 1.56 bits per heavy atom. The zero-order valence-electron chi connectivity index (χ0n) is 4.49. The van der Waals surface area contributed by atoms with Crippen molar-refractivity contribution in [2.24, 2.45) is 0 Å². The summed E-state index contributed by atoms with van der Waals surface area (Å²) in [7, 11) is -3.21. The number of hydrogen-bond acceptors (Lipinski definition) is 3. The summed E-state index contributed by atoms with van der Waals surface area (Å²) < 4.78 is 27.9. The van der Waals surface area contributed by atoms with Crippen LogP contribution in [0.3, 0.4) is 0 Å². The maximum atomic E-state index is 9.91. The first-order chi connectivity index (χ1) is 3.56. The molecule has 0 heterocycles. The second kappa shape index (κ2) is 6.60. The molecule has 0 aliphatic carbocycles. The van der Waals surface area contributed by atoms with Crippen LogP contribution in [-0.2, 0) is 9.15 Å². The van der Waals surface area contributed by atoms with E-state index in [2.05, 4.69) is 0 Å². The fourth-order valence-electron chi connectivity index (χ4n) is 0.189.